The molecule has 0 aliphatic rings. The first-order chi connectivity index (χ1) is 7.00. The average Bonchev–Trinajstić information content (AvgIpc) is 2.17. The van der Waals surface area contributed by atoms with Gasteiger partial charge in [0.1, 0.15) is 0 Å². The van der Waals surface area contributed by atoms with Gasteiger partial charge in [-0.05, 0) is 23.6 Å². The molecule has 2 atom stereocenters. The number of hydrogen-bond donors (Lipinski definition) is 2. The fourth-order valence-corrected chi connectivity index (χ4v) is 1.54. The second-order valence-corrected chi connectivity index (χ2v) is 4.09. The van der Waals surface area contributed by atoms with Crippen LogP contribution in [0.3, 0.4) is 0 Å². The number of carbonyl (C=O) groups is 1. The molecule has 0 fully saturated rings. The zero-order valence-corrected chi connectivity index (χ0v) is 9.24. The standard InChI is InChI=1S/C11H14ClNO2/c1-7(6-10(14)15)11(13)8-2-4-9(12)5-3-8/h2-5,7,11H,6,13H2,1H3,(H,14,15). The van der Waals surface area contributed by atoms with Crippen LogP contribution in [0.1, 0.15) is 24.9 Å². The van der Waals surface area contributed by atoms with Crippen molar-refractivity contribution in [2.45, 2.75) is 19.4 Å². The number of benzene rings is 1. The highest BCUT2D eigenvalue weighted by atomic mass is 35.5. The Kier molecular flexibility index (Phi) is 4.12. The lowest BCUT2D eigenvalue weighted by atomic mass is 9.93. The summed E-state index contributed by atoms with van der Waals surface area (Å²) in [6.45, 7) is 1.83. The third-order valence-electron chi connectivity index (χ3n) is 2.36. The maximum Gasteiger partial charge on any atom is 0.303 e. The number of hydrogen-bond acceptors (Lipinski definition) is 2. The van der Waals surface area contributed by atoms with Gasteiger partial charge < -0.3 is 10.8 Å². The molecule has 15 heavy (non-hydrogen) atoms. The van der Waals surface area contributed by atoms with Gasteiger partial charge in [0.25, 0.3) is 0 Å². The van der Waals surface area contributed by atoms with Crippen LogP contribution in [-0.4, -0.2) is 11.1 Å². The van der Waals surface area contributed by atoms with Gasteiger partial charge in [0.15, 0.2) is 0 Å². The monoisotopic (exact) mass is 227 g/mol. The predicted octanol–water partition coefficient (Wildman–Crippen LogP) is 2.45. The quantitative estimate of drug-likeness (QED) is 0.831. The van der Waals surface area contributed by atoms with Gasteiger partial charge in [-0.2, -0.15) is 0 Å². The van der Waals surface area contributed by atoms with E-state index in [9.17, 15) is 4.79 Å². The van der Waals surface area contributed by atoms with Crippen molar-refractivity contribution in [3.05, 3.63) is 34.9 Å². The summed E-state index contributed by atoms with van der Waals surface area (Å²) < 4.78 is 0. The van der Waals surface area contributed by atoms with E-state index < -0.39 is 5.97 Å². The molecule has 3 nitrogen and oxygen atoms in total. The van der Waals surface area contributed by atoms with Gasteiger partial charge in [-0.1, -0.05) is 30.7 Å². The Hall–Kier alpha value is -1.06. The van der Waals surface area contributed by atoms with Gasteiger partial charge in [0, 0.05) is 17.5 Å². The number of halogens is 1. The summed E-state index contributed by atoms with van der Waals surface area (Å²) in [5.41, 5.74) is 6.84. The van der Waals surface area contributed by atoms with Crippen LogP contribution in [-0.2, 0) is 4.79 Å². The summed E-state index contributed by atoms with van der Waals surface area (Å²) in [6.07, 6.45) is 0.0732. The minimum Gasteiger partial charge on any atom is -0.481 e. The molecule has 0 amide bonds. The molecule has 82 valence electrons. The first-order valence-electron chi connectivity index (χ1n) is 4.73. The number of carboxylic acids is 1. The number of nitrogens with two attached hydrogens (primary N) is 1. The minimum absolute atomic E-state index is 0.0732. The predicted molar refractivity (Wildman–Crippen MR) is 59.8 cm³/mol. The van der Waals surface area contributed by atoms with Gasteiger partial charge in [0.2, 0.25) is 0 Å². The Morgan fingerprint density at radius 1 is 1.47 bits per heavy atom. The van der Waals surface area contributed by atoms with E-state index in [2.05, 4.69) is 0 Å². The average molecular weight is 228 g/mol. The van der Waals surface area contributed by atoms with E-state index >= 15 is 0 Å². The fraction of sp³-hybridized carbons (Fsp3) is 0.364. The van der Waals surface area contributed by atoms with Gasteiger partial charge in [-0.3, -0.25) is 4.79 Å². The Morgan fingerprint density at radius 2 is 2.00 bits per heavy atom. The second-order valence-electron chi connectivity index (χ2n) is 3.65. The molecule has 1 aromatic rings. The van der Waals surface area contributed by atoms with Crippen molar-refractivity contribution in [1.82, 2.24) is 0 Å². The van der Waals surface area contributed by atoms with Gasteiger partial charge in [-0.15, -0.1) is 0 Å². The molecule has 1 rings (SSSR count). The van der Waals surface area contributed by atoms with Gasteiger partial charge in [0.05, 0.1) is 0 Å². The van der Waals surface area contributed by atoms with E-state index in [0.717, 1.165) is 5.56 Å². The van der Waals surface area contributed by atoms with Crippen LogP contribution >= 0.6 is 11.6 Å². The molecule has 0 bridgehead atoms. The first kappa shape index (κ1) is 12.0. The van der Waals surface area contributed by atoms with E-state index in [1.54, 1.807) is 12.1 Å². The molecular weight excluding hydrogens is 214 g/mol. The SMILES string of the molecule is CC(CC(=O)O)C(N)c1ccc(Cl)cc1. The van der Waals surface area contributed by atoms with E-state index in [1.165, 1.54) is 0 Å². The maximum absolute atomic E-state index is 10.5. The highest BCUT2D eigenvalue weighted by molar-refractivity contribution is 6.30. The molecule has 4 heteroatoms. The largest absolute Gasteiger partial charge is 0.481 e. The van der Waals surface area contributed by atoms with E-state index in [0.29, 0.717) is 5.02 Å². The Bertz CT molecular complexity index is 337. The number of carboxylic acid groups (broad SMARTS) is 1. The van der Waals surface area contributed by atoms with E-state index in [4.69, 9.17) is 22.4 Å². The lowest BCUT2D eigenvalue weighted by Gasteiger charge is -2.18. The van der Waals surface area contributed by atoms with Crippen molar-refractivity contribution in [1.29, 1.82) is 0 Å². The summed E-state index contributed by atoms with van der Waals surface area (Å²) in [4.78, 5) is 10.5. The van der Waals surface area contributed by atoms with Crippen molar-refractivity contribution in [2.24, 2.45) is 11.7 Å². The maximum atomic E-state index is 10.5. The third kappa shape index (κ3) is 3.53. The summed E-state index contributed by atoms with van der Waals surface area (Å²) >= 11 is 5.75. The van der Waals surface area contributed by atoms with Crippen LogP contribution in [0.2, 0.25) is 5.02 Å². The van der Waals surface area contributed by atoms with Crippen LogP contribution in [0.15, 0.2) is 24.3 Å². The van der Waals surface area contributed by atoms with Crippen LogP contribution in [0.5, 0.6) is 0 Å². The summed E-state index contributed by atoms with van der Waals surface area (Å²) in [5.74, 6) is -0.921. The molecule has 0 spiro atoms. The zero-order valence-electron chi connectivity index (χ0n) is 8.48. The van der Waals surface area contributed by atoms with Crippen molar-refractivity contribution < 1.29 is 9.90 Å². The minimum atomic E-state index is -0.827. The van der Waals surface area contributed by atoms with E-state index in [-0.39, 0.29) is 18.4 Å². The molecule has 2 unspecified atom stereocenters. The molecule has 1 aromatic carbocycles. The highest BCUT2D eigenvalue weighted by Crippen LogP contribution is 2.23. The molecule has 0 saturated carbocycles. The summed E-state index contributed by atoms with van der Waals surface area (Å²) in [6, 6.07) is 6.89. The van der Waals surface area contributed by atoms with Crippen LogP contribution < -0.4 is 5.73 Å². The Labute approximate surface area is 93.9 Å². The lowest BCUT2D eigenvalue weighted by molar-refractivity contribution is -0.138. The van der Waals surface area contributed by atoms with Crippen molar-refractivity contribution in [3.63, 3.8) is 0 Å². The molecule has 0 aliphatic heterocycles. The number of rotatable bonds is 4. The van der Waals surface area contributed by atoms with Crippen molar-refractivity contribution >= 4 is 17.6 Å². The highest BCUT2D eigenvalue weighted by Gasteiger charge is 2.17. The first-order valence-corrected chi connectivity index (χ1v) is 5.11. The number of aliphatic carboxylic acids is 1. The Balaban J connectivity index is 2.71. The molecule has 0 aliphatic carbocycles. The van der Waals surface area contributed by atoms with E-state index in [1.807, 2.05) is 19.1 Å². The summed E-state index contributed by atoms with van der Waals surface area (Å²) in [7, 11) is 0. The molecule has 0 aromatic heterocycles. The third-order valence-corrected chi connectivity index (χ3v) is 2.62. The fourth-order valence-electron chi connectivity index (χ4n) is 1.42. The lowest BCUT2D eigenvalue weighted by Crippen LogP contribution is -2.21. The molecule has 0 radical (unpaired) electrons. The second kappa shape index (κ2) is 5.14. The van der Waals surface area contributed by atoms with Gasteiger partial charge >= 0.3 is 5.97 Å². The topological polar surface area (TPSA) is 63.3 Å². The van der Waals surface area contributed by atoms with Crippen molar-refractivity contribution in [2.75, 3.05) is 0 Å². The van der Waals surface area contributed by atoms with Gasteiger partial charge in [-0.25, -0.2) is 0 Å². The van der Waals surface area contributed by atoms with Crippen LogP contribution in [0.25, 0.3) is 0 Å². The zero-order chi connectivity index (χ0) is 11.4. The normalized spacial score (nSPS) is 14.6. The molecule has 3 N–H and O–H groups in total. The molecule has 0 saturated heterocycles. The molecular formula is C11H14ClNO2. The molecule has 0 heterocycles. The van der Waals surface area contributed by atoms with Crippen LogP contribution in [0, 0.1) is 5.92 Å². The van der Waals surface area contributed by atoms with Crippen LogP contribution in [0.4, 0.5) is 0 Å². The Morgan fingerprint density at radius 3 is 2.47 bits per heavy atom. The smallest absolute Gasteiger partial charge is 0.303 e. The summed E-state index contributed by atoms with van der Waals surface area (Å²) in [5, 5.41) is 9.30. The van der Waals surface area contributed by atoms with Crippen molar-refractivity contribution in [3.8, 4) is 0 Å².